The molecule has 2 amide bonds. The predicted molar refractivity (Wildman–Crippen MR) is 99.6 cm³/mol. The number of hydrogen-bond acceptors (Lipinski definition) is 5. The molecule has 7 nitrogen and oxygen atoms in total. The maximum absolute atomic E-state index is 12.2. The van der Waals surface area contributed by atoms with Crippen LogP contribution in [-0.4, -0.2) is 47.5 Å². The Morgan fingerprint density at radius 1 is 1.04 bits per heavy atom. The van der Waals surface area contributed by atoms with Gasteiger partial charge in [0.25, 0.3) is 0 Å². The Kier molecular flexibility index (Phi) is 6.80. The molecule has 3 rings (SSSR count). The number of amides is 2. The van der Waals surface area contributed by atoms with Crippen LogP contribution < -0.4 is 15.5 Å². The van der Waals surface area contributed by atoms with Gasteiger partial charge in [-0.1, -0.05) is 19.3 Å². The quantitative estimate of drug-likeness (QED) is 0.806. The molecule has 1 aliphatic carbocycles. The molecule has 1 unspecified atom stereocenters. The highest BCUT2D eigenvalue weighted by atomic mass is 16.2. The topological polar surface area (TPSA) is 87.2 Å². The number of nitrogens with one attached hydrogen (secondary N) is 2. The molecule has 2 aliphatic rings. The lowest BCUT2D eigenvalue weighted by Gasteiger charge is -2.33. The van der Waals surface area contributed by atoms with Crippen molar-refractivity contribution < 1.29 is 9.59 Å². The highest BCUT2D eigenvalue weighted by Gasteiger charge is 2.23. The molecule has 2 N–H and O–H groups in total. The summed E-state index contributed by atoms with van der Waals surface area (Å²) in [7, 11) is 0. The molecule has 1 saturated carbocycles. The summed E-state index contributed by atoms with van der Waals surface area (Å²) in [5, 5.41) is 5.80. The minimum absolute atomic E-state index is 0.00462. The number of piperidine rings is 1. The van der Waals surface area contributed by atoms with E-state index >= 15 is 0 Å². The fraction of sp³-hybridized carbons (Fsp3) is 0.684. The molecular formula is C19H29N5O2. The molecule has 0 bridgehead atoms. The molecule has 0 aromatic carbocycles. The van der Waals surface area contributed by atoms with Gasteiger partial charge in [0.15, 0.2) is 0 Å². The van der Waals surface area contributed by atoms with E-state index in [0.29, 0.717) is 24.8 Å². The Bertz CT molecular complexity index is 589. The predicted octanol–water partition coefficient (Wildman–Crippen LogP) is 1.65. The maximum atomic E-state index is 12.2. The van der Waals surface area contributed by atoms with Crippen molar-refractivity contribution in [2.75, 3.05) is 24.5 Å². The van der Waals surface area contributed by atoms with Gasteiger partial charge in [-0.15, -0.1) is 0 Å². The van der Waals surface area contributed by atoms with E-state index in [1.165, 1.54) is 19.3 Å². The van der Waals surface area contributed by atoms with Crippen molar-refractivity contribution in [2.45, 2.75) is 57.4 Å². The van der Waals surface area contributed by atoms with Crippen LogP contribution in [0.3, 0.4) is 0 Å². The van der Waals surface area contributed by atoms with Crippen LogP contribution in [0, 0.1) is 5.92 Å². The lowest BCUT2D eigenvalue weighted by atomic mass is 9.87. The van der Waals surface area contributed by atoms with E-state index < -0.39 is 0 Å². The standard InChI is InChI=1S/C19H29N5O2/c25-17(12-15-6-2-1-3-7-15)22-13-18(26)23-16-8-4-11-24(14-16)19-20-9-5-10-21-19/h5,9-10,15-16H,1-4,6-8,11-14H2,(H,22,25)(H,23,26). The molecule has 2 fully saturated rings. The van der Waals surface area contributed by atoms with E-state index in [-0.39, 0.29) is 24.4 Å². The van der Waals surface area contributed by atoms with Crippen molar-refractivity contribution in [3.63, 3.8) is 0 Å². The van der Waals surface area contributed by atoms with E-state index in [9.17, 15) is 9.59 Å². The zero-order valence-electron chi connectivity index (χ0n) is 15.3. The van der Waals surface area contributed by atoms with Crippen LogP contribution in [-0.2, 0) is 9.59 Å². The highest BCUT2D eigenvalue weighted by molar-refractivity contribution is 5.84. The zero-order valence-corrected chi connectivity index (χ0v) is 15.3. The number of rotatable bonds is 6. The first-order valence-corrected chi connectivity index (χ1v) is 9.79. The second-order valence-corrected chi connectivity index (χ2v) is 7.39. The summed E-state index contributed by atoms with van der Waals surface area (Å²) in [6, 6.07) is 1.86. The van der Waals surface area contributed by atoms with Crippen molar-refractivity contribution in [2.24, 2.45) is 5.92 Å². The third-order valence-corrected chi connectivity index (χ3v) is 5.27. The average molecular weight is 359 g/mol. The van der Waals surface area contributed by atoms with Crippen LogP contribution in [0.4, 0.5) is 5.95 Å². The smallest absolute Gasteiger partial charge is 0.239 e. The van der Waals surface area contributed by atoms with E-state index in [1.54, 1.807) is 18.5 Å². The summed E-state index contributed by atoms with van der Waals surface area (Å²) in [6.07, 6.45) is 11.9. The van der Waals surface area contributed by atoms with Gasteiger partial charge >= 0.3 is 0 Å². The molecule has 2 heterocycles. The van der Waals surface area contributed by atoms with Gasteiger partial charge in [-0.2, -0.15) is 0 Å². The van der Waals surface area contributed by atoms with E-state index in [1.807, 2.05) is 0 Å². The largest absolute Gasteiger partial charge is 0.350 e. The Morgan fingerprint density at radius 2 is 1.81 bits per heavy atom. The summed E-state index contributed by atoms with van der Waals surface area (Å²) in [5.74, 6) is 1.06. The Labute approximate surface area is 155 Å². The van der Waals surface area contributed by atoms with Crippen LogP contribution in [0.15, 0.2) is 18.5 Å². The fourth-order valence-corrected chi connectivity index (χ4v) is 3.91. The minimum Gasteiger partial charge on any atom is -0.350 e. The van der Waals surface area contributed by atoms with Crippen LogP contribution in [0.1, 0.15) is 51.4 Å². The Balaban J connectivity index is 1.38. The van der Waals surface area contributed by atoms with Gasteiger partial charge < -0.3 is 15.5 Å². The van der Waals surface area contributed by atoms with E-state index in [4.69, 9.17) is 0 Å². The van der Waals surface area contributed by atoms with Crippen molar-refractivity contribution in [1.82, 2.24) is 20.6 Å². The first kappa shape index (κ1) is 18.6. The average Bonchev–Trinajstić information content (AvgIpc) is 2.68. The Hall–Kier alpha value is -2.18. The van der Waals surface area contributed by atoms with Crippen molar-refractivity contribution in [1.29, 1.82) is 0 Å². The minimum atomic E-state index is -0.122. The molecule has 1 aromatic rings. The Morgan fingerprint density at radius 3 is 2.58 bits per heavy atom. The lowest BCUT2D eigenvalue weighted by Crippen LogP contribution is -2.50. The molecule has 7 heteroatoms. The van der Waals surface area contributed by atoms with Gasteiger partial charge in [-0.05, 0) is 37.7 Å². The molecular weight excluding hydrogens is 330 g/mol. The van der Waals surface area contributed by atoms with Gasteiger partial charge in [-0.25, -0.2) is 9.97 Å². The number of nitrogens with zero attached hydrogens (tertiary/aromatic N) is 3. The van der Waals surface area contributed by atoms with Crippen LogP contribution in [0.5, 0.6) is 0 Å². The summed E-state index contributed by atoms with van der Waals surface area (Å²) >= 11 is 0. The third-order valence-electron chi connectivity index (χ3n) is 5.27. The van der Waals surface area contributed by atoms with Gasteiger partial charge in [-0.3, -0.25) is 9.59 Å². The molecule has 1 aromatic heterocycles. The fourth-order valence-electron chi connectivity index (χ4n) is 3.91. The maximum Gasteiger partial charge on any atom is 0.239 e. The van der Waals surface area contributed by atoms with Crippen LogP contribution >= 0.6 is 0 Å². The molecule has 26 heavy (non-hydrogen) atoms. The molecule has 0 radical (unpaired) electrons. The summed E-state index contributed by atoms with van der Waals surface area (Å²) in [6.45, 7) is 1.66. The molecule has 1 atom stereocenters. The molecule has 1 aliphatic heterocycles. The number of hydrogen-bond donors (Lipinski definition) is 2. The van der Waals surface area contributed by atoms with Gasteiger partial charge in [0.05, 0.1) is 6.54 Å². The van der Waals surface area contributed by atoms with Gasteiger partial charge in [0.2, 0.25) is 17.8 Å². The number of anilines is 1. The van der Waals surface area contributed by atoms with E-state index in [0.717, 1.165) is 32.2 Å². The first-order valence-electron chi connectivity index (χ1n) is 9.79. The van der Waals surface area contributed by atoms with Crippen molar-refractivity contribution in [3.8, 4) is 0 Å². The number of carbonyl (C=O) groups is 2. The normalized spacial score (nSPS) is 21.2. The number of aromatic nitrogens is 2. The van der Waals surface area contributed by atoms with Crippen LogP contribution in [0.25, 0.3) is 0 Å². The zero-order chi connectivity index (χ0) is 18.2. The molecule has 0 spiro atoms. The first-order chi connectivity index (χ1) is 12.7. The van der Waals surface area contributed by atoms with Crippen molar-refractivity contribution >= 4 is 17.8 Å². The second-order valence-electron chi connectivity index (χ2n) is 7.39. The molecule has 1 saturated heterocycles. The van der Waals surface area contributed by atoms with Crippen molar-refractivity contribution in [3.05, 3.63) is 18.5 Å². The van der Waals surface area contributed by atoms with Gasteiger partial charge in [0.1, 0.15) is 0 Å². The second kappa shape index (κ2) is 9.50. The summed E-state index contributed by atoms with van der Waals surface area (Å²) in [4.78, 5) is 34.9. The number of carbonyl (C=O) groups excluding carboxylic acids is 2. The van der Waals surface area contributed by atoms with Gasteiger partial charge in [0, 0.05) is 37.9 Å². The summed E-state index contributed by atoms with van der Waals surface area (Å²) in [5.41, 5.74) is 0. The summed E-state index contributed by atoms with van der Waals surface area (Å²) < 4.78 is 0. The highest BCUT2D eigenvalue weighted by Crippen LogP contribution is 2.26. The van der Waals surface area contributed by atoms with E-state index in [2.05, 4.69) is 25.5 Å². The van der Waals surface area contributed by atoms with Crippen LogP contribution in [0.2, 0.25) is 0 Å². The lowest BCUT2D eigenvalue weighted by molar-refractivity contribution is -0.127. The molecule has 142 valence electrons. The monoisotopic (exact) mass is 359 g/mol. The SMILES string of the molecule is O=C(CC1CCCCC1)NCC(=O)NC1CCCN(c2ncccn2)C1. The third kappa shape index (κ3) is 5.68.